The van der Waals surface area contributed by atoms with Crippen LogP contribution in [-0.2, 0) is 0 Å². The van der Waals surface area contributed by atoms with Crippen LogP contribution in [0.1, 0.15) is 23.8 Å². The highest BCUT2D eigenvalue weighted by molar-refractivity contribution is 7.10. The summed E-state index contributed by atoms with van der Waals surface area (Å²) in [6, 6.07) is 3.77. The average Bonchev–Trinajstić information content (AvgIpc) is 2.77. The average molecular weight is 196 g/mol. The minimum atomic E-state index is -0.426. The number of hydrogen-bond donors (Lipinski definition) is 2. The van der Waals surface area contributed by atoms with Crippen molar-refractivity contribution in [3.63, 3.8) is 0 Å². The van der Waals surface area contributed by atoms with Gasteiger partial charge in [0.1, 0.15) is 0 Å². The van der Waals surface area contributed by atoms with E-state index in [2.05, 4.69) is 5.32 Å². The van der Waals surface area contributed by atoms with E-state index in [-0.39, 0.29) is 6.04 Å². The smallest absolute Gasteiger partial charge is 0.312 e. The number of amides is 2. The maximum Gasteiger partial charge on any atom is 0.312 e. The van der Waals surface area contributed by atoms with Crippen molar-refractivity contribution in [2.75, 3.05) is 0 Å². The Kier molecular flexibility index (Phi) is 2.22. The van der Waals surface area contributed by atoms with Gasteiger partial charge in [0.15, 0.2) is 0 Å². The number of thiophene rings is 1. The molecule has 1 aliphatic rings. The molecule has 1 fully saturated rings. The predicted octanol–water partition coefficient (Wildman–Crippen LogP) is 1.87. The lowest BCUT2D eigenvalue weighted by Crippen LogP contribution is -2.33. The molecule has 1 unspecified atom stereocenters. The van der Waals surface area contributed by atoms with Gasteiger partial charge in [0.2, 0.25) is 0 Å². The van der Waals surface area contributed by atoms with Gasteiger partial charge in [-0.25, -0.2) is 4.79 Å². The quantitative estimate of drug-likeness (QED) is 0.761. The lowest BCUT2D eigenvalue weighted by molar-refractivity contribution is 0.244. The summed E-state index contributed by atoms with van der Waals surface area (Å²) in [6.45, 7) is 0. The van der Waals surface area contributed by atoms with Gasteiger partial charge in [-0.1, -0.05) is 6.07 Å². The number of hydrogen-bond acceptors (Lipinski definition) is 2. The fourth-order valence-corrected chi connectivity index (χ4v) is 2.34. The van der Waals surface area contributed by atoms with Crippen LogP contribution in [0, 0.1) is 5.92 Å². The molecule has 2 rings (SSSR count). The molecule has 2 amide bonds. The highest BCUT2D eigenvalue weighted by Crippen LogP contribution is 2.42. The molecule has 1 aliphatic carbocycles. The van der Waals surface area contributed by atoms with Gasteiger partial charge in [-0.05, 0) is 30.2 Å². The maximum absolute atomic E-state index is 10.8. The SMILES string of the molecule is NC(=O)NC(c1cccs1)C1CC1. The van der Waals surface area contributed by atoms with Crippen molar-refractivity contribution < 1.29 is 4.79 Å². The summed E-state index contributed by atoms with van der Waals surface area (Å²) in [4.78, 5) is 12.0. The van der Waals surface area contributed by atoms with Crippen molar-refractivity contribution in [3.8, 4) is 0 Å². The van der Waals surface area contributed by atoms with Crippen LogP contribution in [0.25, 0.3) is 0 Å². The molecule has 0 aromatic carbocycles. The van der Waals surface area contributed by atoms with Crippen LogP contribution in [0.15, 0.2) is 17.5 Å². The lowest BCUT2D eigenvalue weighted by Gasteiger charge is -2.14. The number of carbonyl (C=O) groups excluding carboxylic acids is 1. The summed E-state index contributed by atoms with van der Waals surface area (Å²) < 4.78 is 0. The second-order valence-electron chi connectivity index (χ2n) is 3.34. The van der Waals surface area contributed by atoms with Gasteiger partial charge < -0.3 is 11.1 Å². The molecule has 0 aliphatic heterocycles. The zero-order valence-corrected chi connectivity index (χ0v) is 8.01. The summed E-state index contributed by atoms with van der Waals surface area (Å²) in [5, 5.41) is 4.81. The molecule has 1 atom stereocenters. The minimum absolute atomic E-state index is 0.150. The normalized spacial score (nSPS) is 18.2. The Labute approximate surface area is 80.9 Å². The van der Waals surface area contributed by atoms with Crippen molar-refractivity contribution >= 4 is 17.4 Å². The molecule has 4 heteroatoms. The number of rotatable bonds is 3. The number of carbonyl (C=O) groups is 1. The third-order valence-electron chi connectivity index (χ3n) is 2.24. The summed E-state index contributed by atoms with van der Waals surface area (Å²) in [5.41, 5.74) is 5.12. The second kappa shape index (κ2) is 3.38. The highest BCUT2D eigenvalue weighted by Gasteiger charge is 2.33. The first-order valence-electron chi connectivity index (χ1n) is 4.37. The largest absolute Gasteiger partial charge is 0.352 e. The fourth-order valence-electron chi connectivity index (χ4n) is 1.47. The molecule has 1 aromatic rings. The molecule has 70 valence electrons. The van der Waals surface area contributed by atoms with E-state index in [0.29, 0.717) is 5.92 Å². The Bertz CT molecular complexity index is 293. The Morgan fingerprint density at radius 2 is 2.46 bits per heavy atom. The molecule has 13 heavy (non-hydrogen) atoms. The van der Waals surface area contributed by atoms with Crippen molar-refractivity contribution in [1.29, 1.82) is 0 Å². The van der Waals surface area contributed by atoms with Gasteiger partial charge in [0, 0.05) is 4.88 Å². The summed E-state index contributed by atoms with van der Waals surface area (Å²) in [7, 11) is 0. The third kappa shape index (κ3) is 2.01. The van der Waals surface area contributed by atoms with Crippen LogP contribution >= 0.6 is 11.3 Å². The van der Waals surface area contributed by atoms with Gasteiger partial charge in [-0.2, -0.15) is 0 Å². The summed E-state index contributed by atoms with van der Waals surface area (Å²) in [5.74, 6) is 0.603. The van der Waals surface area contributed by atoms with E-state index < -0.39 is 6.03 Å². The van der Waals surface area contributed by atoms with Crippen LogP contribution in [0.3, 0.4) is 0 Å². The van der Waals surface area contributed by atoms with Gasteiger partial charge in [-0.15, -0.1) is 11.3 Å². The van der Waals surface area contributed by atoms with E-state index in [1.54, 1.807) is 11.3 Å². The maximum atomic E-state index is 10.8. The Morgan fingerprint density at radius 3 is 2.92 bits per heavy atom. The molecule has 1 heterocycles. The van der Waals surface area contributed by atoms with Crippen LogP contribution in [-0.4, -0.2) is 6.03 Å². The van der Waals surface area contributed by atoms with Gasteiger partial charge in [-0.3, -0.25) is 0 Å². The molecule has 0 spiro atoms. The zero-order chi connectivity index (χ0) is 9.26. The standard InChI is InChI=1S/C9H12N2OS/c10-9(12)11-8(6-3-4-6)7-2-1-5-13-7/h1-2,5-6,8H,3-4H2,(H3,10,11,12). The number of nitrogens with one attached hydrogen (secondary N) is 1. The molecular formula is C9H12N2OS. The lowest BCUT2D eigenvalue weighted by atomic mass is 10.1. The predicted molar refractivity (Wildman–Crippen MR) is 52.5 cm³/mol. The Morgan fingerprint density at radius 1 is 1.69 bits per heavy atom. The first-order chi connectivity index (χ1) is 6.27. The van der Waals surface area contributed by atoms with Crippen LogP contribution in [0.2, 0.25) is 0 Å². The van der Waals surface area contributed by atoms with Crippen LogP contribution in [0.4, 0.5) is 4.79 Å². The molecule has 0 saturated heterocycles. The van der Waals surface area contributed by atoms with Gasteiger partial charge in [0.25, 0.3) is 0 Å². The summed E-state index contributed by atoms with van der Waals surface area (Å²) in [6.07, 6.45) is 2.39. The highest BCUT2D eigenvalue weighted by atomic mass is 32.1. The van der Waals surface area contributed by atoms with Gasteiger partial charge >= 0.3 is 6.03 Å². The fraction of sp³-hybridized carbons (Fsp3) is 0.444. The minimum Gasteiger partial charge on any atom is -0.352 e. The topological polar surface area (TPSA) is 55.1 Å². The van der Waals surface area contributed by atoms with Crippen molar-refractivity contribution in [2.24, 2.45) is 11.7 Å². The van der Waals surface area contributed by atoms with Crippen LogP contribution < -0.4 is 11.1 Å². The van der Waals surface area contributed by atoms with E-state index in [0.717, 1.165) is 0 Å². The van der Waals surface area contributed by atoms with E-state index in [1.165, 1.54) is 17.7 Å². The van der Waals surface area contributed by atoms with E-state index in [1.807, 2.05) is 17.5 Å². The number of nitrogens with two attached hydrogens (primary N) is 1. The van der Waals surface area contributed by atoms with Gasteiger partial charge in [0.05, 0.1) is 6.04 Å². The van der Waals surface area contributed by atoms with Crippen molar-refractivity contribution in [2.45, 2.75) is 18.9 Å². The second-order valence-corrected chi connectivity index (χ2v) is 4.32. The van der Waals surface area contributed by atoms with Crippen molar-refractivity contribution in [3.05, 3.63) is 22.4 Å². The molecule has 3 nitrogen and oxygen atoms in total. The molecule has 0 radical (unpaired) electrons. The Hall–Kier alpha value is -1.03. The van der Waals surface area contributed by atoms with E-state index >= 15 is 0 Å². The number of urea groups is 1. The molecule has 3 N–H and O–H groups in total. The summed E-state index contributed by atoms with van der Waals surface area (Å²) >= 11 is 1.67. The molecular weight excluding hydrogens is 184 g/mol. The molecule has 0 bridgehead atoms. The van der Waals surface area contributed by atoms with Crippen LogP contribution in [0.5, 0.6) is 0 Å². The first kappa shape index (κ1) is 8.56. The monoisotopic (exact) mass is 196 g/mol. The van der Waals surface area contributed by atoms with E-state index in [9.17, 15) is 4.79 Å². The first-order valence-corrected chi connectivity index (χ1v) is 5.24. The molecule has 1 saturated carbocycles. The third-order valence-corrected chi connectivity index (χ3v) is 3.20. The zero-order valence-electron chi connectivity index (χ0n) is 7.19. The molecule has 1 aromatic heterocycles. The van der Waals surface area contributed by atoms with Crippen molar-refractivity contribution in [1.82, 2.24) is 5.32 Å². The number of primary amides is 1. The Balaban J connectivity index is 2.09. The van der Waals surface area contributed by atoms with E-state index in [4.69, 9.17) is 5.73 Å².